The van der Waals surface area contributed by atoms with Crippen LogP contribution in [0.4, 0.5) is 10.5 Å². The molecule has 1 aromatic rings. The van der Waals surface area contributed by atoms with Gasteiger partial charge in [-0.2, -0.15) is 0 Å². The zero-order valence-corrected chi connectivity index (χ0v) is 14.3. The standard InChI is InChI=1S/C16H21BrN2O2/c1-16(2,3)21-15(20)19-9-11-8-18(10-14(11)19)13-6-4-12(17)5-7-13/h4-7,11,14H,8-10H2,1-3H3/t11-,14-/m0/s1. The van der Waals surface area contributed by atoms with E-state index in [2.05, 4.69) is 45.1 Å². The first-order chi connectivity index (χ1) is 9.83. The van der Waals surface area contributed by atoms with Crippen molar-refractivity contribution in [1.29, 1.82) is 0 Å². The van der Waals surface area contributed by atoms with Crippen LogP contribution >= 0.6 is 15.9 Å². The van der Waals surface area contributed by atoms with Crippen LogP contribution in [0.2, 0.25) is 0 Å². The van der Waals surface area contributed by atoms with Gasteiger partial charge in [0.05, 0.1) is 6.04 Å². The minimum atomic E-state index is -0.424. The predicted molar refractivity (Wildman–Crippen MR) is 86.6 cm³/mol. The van der Waals surface area contributed by atoms with Crippen LogP contribution in [-0.4, -0.2) is 42.3 Å². The first-order valence-corrected chi connectivity index (χ1v) is 8.13. The molecule has 1 aromatic carbocycles. The van der Waals surface area contributed by atoms with Crippen LogP contribution in [0.1, 0.15) is 20.8 Å². The van der Waals surface area contributed by atoms with Crippen molar-refractivity contribution in [2.24, 2.45) is 5.92 Å². The van der Waals surface area contributed by atoms with Gasteiger partial charge in [-0.1, -0.05) is 15.9 Å². The Bertz CT molecular complexity index is 538. The summed E-state index contributed by atoms with van der Waals surface area (Å²) >= 11 is 3.46. The highest BCUT2D eigenvalue weighted by Gasteiger charge is 2.49. The number of likely N-dealkylation sites (tertiary alicyclic amines) is 1. The summed E-state index contributed by atoms with van der Waals surface area (Å²) in [6.45, 7) is 8.45. The molecule has 2 aliphatic heterocycles. The molecule has 0 radical (unpaired) electrons. The van der Waals surface area contributed by atoms with E-state index in [4.69, 9.17) is 4.74 Å². The van der Waals surface area contributed by atoms with Crippen LogP contribution in [-0.2, 0) is 4.74 Å². The lowest BCUT2D eigenvalue weighted by Crippen LogP contribution is -2.59. The van der Waals surface area contributed by atoms with Gasteiger partial charge >= 0.3 is 6.09 Å². The Labute approximate surface area is 134 Å². The molecule has 3 rings (SSSR count). The molecule has 2 heterocycles. The summed E-state index contributed by atoms with van der Waals surface area (Å²) in [5, 5.41) is 0. The van der Waals surface area contributed by atoms with Crippen LogP contribution < -0.4 is 4.90 Å². The fourth-order valence-electron chi connectivity index (χ4n) is 3.03. The van der Waals surface area contributed by atoms with Crippen molar-refractivity contribution in [3.63, 3.8) is 0 Å². The lowest BCUT2D eigenvalue weighted by atomic mass is 9.93. The quantitative estimate of drug-likeness (QED) is 0.775. The van der Waals surface area contributed by atoms with E-state index in [1.807, 2.05) is 25.7 Å². The third-order valence-electron chi connectivity index (χ3n) is 4.06. The fraction of sp³-hybridized carbons (Fsp3) is 0.562. The third-order valence-corrected chi connectivity index (χ3v) is 4.59. The highest BCUT2D eigenvalue weighted by molar-refractivity contribution is 9.10. The molecule has 0 bridgehead atoms. The van der Waals surface area contributed by atoms with E-state index in [-0.39, 0.29) is 6.09 Å². The Morgan fingerprint density at radius 2 is 1.86 bits per heavy atom. The van der Waals surface area contributed by atoms with Gasteiger partial charge in [0.15, 0.2) is 0 Å². The van der Waals surface area contributed by atoms with Gasteiger partial charge < -0.3 is 14.5 Å². The number of hydrogen-bond donors (Lipinski definition) is 0. The van der Waals surface area contributed by atoms with E-state index < -0.39 is 5.60 Å². The van der Waals surface area contributed by atoms with Gasteiger partial charge in [0.1, 0.15) is 5.60 Å². The van der Waals surface area contributed by atoms with Gasteiger partial charge in [0.2, 0.25) is 0 Å². The largest absolute Gasteiger partial charge is 0.444 e. The first-order valence-electron chi connectivity index (χ1n) is 7.33. The Balaban J connectivity index is 1.63. The molecule has 2 saturated heterocycles. The normalized spacial score (nSPS) is 24.6. The number of ether oxygens (including phenoxy) is 1. The summed E-state index contributed by atoms with van der Waals surface area (Å²) < 4.78 is 6.56. The van der Waals surface area contributed by atoms with Crippen molar-refractivity contribution < 1.29 is 9.53 Å². The molecule has 2 aliphatic rings. The minimum absolute atomic E-state index is 0.179. The highest BCUT2D eigenvalue weighted by Crippen LogP contribution is 2.36. The Morgan fingerprint density at radius 1 is 1.19 bits per heavy atom. The molecule has 0 spiro atoms. The number of hydrogen-bond acceptors (Lipinski definition) is 3. The first kappa shape index (κ1) is 14.7. The molecule has 2 atom stereocenters. The number of carbonyl (C=O) groups is 1. The van der Waals surface area contributed by atoms with Crippen molar-refractivity contribution in [2.75, 3.05) is 24.5 Å². The SMILES string of the molecule is CC(C)(C)OC(=O)N1C[C@@H]2CN(c3ccc(Br)cc3)C[C@@H]21. The van der Waals surface area contributed by atoms with Gasteiger partial charge in [-0.3, -0.25) is 0 Å². The zero-order valence-electron chi connectivity index (χ0n) is 12.7. The van der Waals surface area contributed by atoms with Crippen LogP contribution in [0.5, 0.6) is 0 Å². The number of nitrogens with zero attached hydrogens (tertiary/aromatic N) is 2. The molecule has 0 saturated carbocycles. The number of amides is 1. The summed E-state index contributed by atoms with van der Waals surface area (Å²) in [5.74, 6) is 0.571. The third kappa shape index (κ3) is 3.03. The predicted octanol–water partition coefficient (Wildman–Crippen LogP) is 3.50. The molecule has 1 amide bonds. The minimum Gasteiger partial charge on any atom is -0.444 e. The lowest BCUT2D eigenvalue weighted by molar-refractivity contribution is -0.0163. The number of anilines is 1. The van der Waals surface area contributed by atoms with Crippen molar-refractivity contribution in [3.8, 4) is 0 Å². The Morgan fingerprint density at radius 3 is 2.48 bits per heavy atom. The van der Waals surface area contributed by atoms with E-state index in [9.17, 15) is 4.79 Å². The van der Waals surface area contributed by atoms with E-state index in [1.54, 1.807) is 0 Å². The topological polar surface area (TPSA) is 32.8 Å². The molecule has 0 aliphatic carbocycles. The summed E-state index contributed by atoms with van der Waals surface area (Å²) in [6, 6.07) is 8.64. The van der Waals surface area contributed by atoms with Gasteiger partial charge in [-0.15, -0.1) is 0 Å². The van der Waals surface area contributed by atoms with Crippen LogP contribution in [0.15, 0.2) is 28.7 Å². The van der Waals surface area contributed by atoms with Gasteiger partial charge in [0, 0.05) is 35.7 Å². The van der Waals surface area contributed by atoms with Crippen molar-refractivity contribution >= 4 is 27.7 Å². The molecule has 0 aromatic heterocycles. The van der Waals surface area contributed by atoms with E-state index in [0.717, 1.165) is 24.1 Å². The maximum atomic E-state index is 12.2. The van der Waals surface area contributed by atoms with Crippen molar-refractivity contribution in [2.45, 2.75) is 32.4 Å². The fourth-order valence-corrected chi connectivity index (χ4v) is 3.29. The molecule has 0 unspecified atom stereocenters. The van der Waals surface area contributed by atoms with Crippen LogP contribution in [0, 0.1) is 5.92 Å². The van der Waals surface area contributed by atoms with Gasteiger partial charge in [-0.25, -0.2) is 4.79 Å². The number of carbonyl (C=O) groups excluding carboxylic acids is 1. The highest BCUT2D eigenvalue weighted by atomic mass is 79.9. The van der Waals surface area contributed by atoms with E-state index in [0.29, 0.717) is 12.0 Å². The maximum absolute atomic E-state index is 12.2. The summed E-state index contributed by atoms with van der Waals surface area (Å²) in [6.07, 6.45) is -0.179. The number of rotatable bonds is 1. The Kier molecular flexibility index (Phi) is 3.64. The number of halogens is 1. The monoisotopic (exact) mass is 352 g/mol. The smallest absolute Gasteiger partial charge is 0.410 e. The number of fused-ring (bicyclic) bond motifs is 1. The van der Waals surface area contributed by atoms with Gasteiger partial charge in [-0.05, 0) is 45.0 Å². The van der Waals surface area contributed by atoms with Crippen molar-refractivity contribution in [3.05, 3.63) is 28.7 Å². The zero-order chi connectivity index (χ0) is 15.2. The van der Waals surface area contributed by atoms with Crippen molar-refractivity contribution in [1.82, 2.24) is 4.90 Å². The maximum Gasteiger partial charge on any atom is 0.410 e. The molecule has 4 nitrogen and oxygen atoms in total. The summed E-state index contributed by atoms with van der Waals surface area (Å²) in [5.41, 5.74) is 0.795. The van der Waals surface area contributed by atoms with E-state index >= 15 is 0 Å². The summed E-state index contributed by atoms with van der Waals surface area (Å²) in [4.78, 5) is 16.4. The molecule has 0 N–H and O–H groups in total. The Hall–Kier alpha value is -1.23. The second-order valence-electron chi connectivity index (χ2n) is 6.84. The molecule has 5 heteroatoms. The van der Waals surface area contributed by atoms with Crippen LogP contribution in [0.3, 0.4) is 0 Å². The molecular formula is C16H21BrN2O2. The summed E-state index contributed by atoms with van der Waals surface area (Å²) in [7, 11) is 0. The molecule has 2 fully saturated rings. The average Bonchev–Trinajstić information content (AvgIpc) is 2.66. The molecular weight excluding hydrogens is 332 g/mol. The van der Waals surface area contributed by atoms with Gasteiger partial charge in [0.25, 0.3) is 0 Å². The lowest BCUT2D eigenvalue weighted by Gasteiger charge is -2.43. The van der Waals surface area contributed by atoms with Crippen LogP contribution in [0.25, 0.3) is 0 Å². The molecule has 114 valence electrons. The molecule has 21 heavy (non-hydrogen) atoms. The second-order valence-corrected chi connectivity index (χ2v) is 7.76. The number of benzene rings is 1. The van der Waals surface area contributed by atoms with E-state index in [1.165, 1.54) is 5.69 Å². The second kappa shape index (κ2) is 5.20. The average molecular weight is 353 g/mol.